The first-order valence-corrected chi connectivity index (χ1v) is 16.5. The number of nitrogens with zero attached hydrogens (tertiary/aromatic N) is 8. The van der Waals surface area contributed by atoms with E-state index < -0.39 is 11.7 Å². The number of pyridine rings is 1. The average molecular weight is 630 g/mol. The van der Waals surface area contributed by atoms with E-state index in [9.17, 15) is 10.1 Å². The van der Waals surface area contributed by atoms with E-state index in [1.807, 2.05) is 44.6 Å². The third-order valence-corrected chi connectivity index (χ3v) is 9.73. The van der Waals surface area contributed by atoms with E-state index >= 15 is 0 Å². The molecule has 3 aromatic heterocycles. The number of nitriles is 1. The quantitative estimate of drug-likeness (QED) is 0.426. The Morgan fingerprint density at radius 2 is 1.96 bits per heavy atom. The van der Waals surface area contributed by atoms with Crippen molar-refractivity contribution in [3.63, 3.8) is 0 Å². The van der Waals surface area contributed by atoms with Gasteiger partial charge in [0.1, 0.15) is 23.2 Å². The van der Waals surface area contributed by atoms with Crippen LogP contribution in [0.5, 0.6) is 0 Å². The van der Waals surface area contributed by atoms with Gasteiger partial charge in [0.05, 0.1) is 36.3 Å². The number of carbonyl (C=O) groups is 1. The highest BCUT2D eigenvalue weighted by Crippen LogP contribution is 2.44. The molecule has 3 atom stereocenters. The van der Waals surface area contributed by atoms with Crippen LogP contribution in [-0.4, -0.2) is 81.4 Å². The van der Waals surface area contributed by atoms with Gasteiger partial charge in [-0.15, -0.1) is 5.10 Å². The number of anilines is 3. The van der Waals surface area contributed by atoms with Crippen molar-refractivity contribution >= 4 is 34.6 Å². The lowest BCUT2D eigenvalue weighted by Gasteiger charge is -2.42. The molecule has 3 saturated heterocycles. The summed E-state index contributed by atoms with van der Waals surface area (Å²) in [5, 5.41) is 17.6. The molecule has 244 valence electrons. The van der Waals surface area contributed by atoms with Gasteiger partial charge in [0, 0.05) is 31.7 Å². The summed E-state index contributed by atoms with van der Waals surface area (Å²) in [6.07, 6.45) is 7.51. The lowest BCUT2D eigenvalue weighted by Crippen LogP contribution is -2.55. The highest BCUT2D eigenvalue weighted by atomic mass is 16.6. The third-order valence-electron chi connectivity index (χ3n) is 9.73. The third kappa shape index (κ3) is 5.73. The zero-order chi connectivity index (χ0) is 32.1. The summed E-state index contributed by atoms with van der Waals surface area (Å²) in [6, 6.07) is 5.76. The Balaban J connectivity index is 1.17. The molecule has 7 heterocycles. The van der Waals surface area contributed by atoms with Crippen LogP contribution in [0.2, 0.25) is 0 Å². The second-order valence-electron chi connectivity index (χ2n) is 14.0. The van der Waals surface area contributed by atoms with Gasteiger partial charge >= 0.3 is 6.09 Å². The molecule has 1 N–H and O–H groups in total. The molecule has 0 bridgehead atoms. The molecule has 0 aliphatic carbocycles. The van der Waals surface area contributed by atoms with Crippen molar-refractivity contribution in [3.05, 3.63) is 29.7 Å². The number of aryl methyl sites for hydroxylation is 1. The Kier molecular flexibility index (Phi) is 7.97. The highest BCUT2D eigenvalue weighted by Gasteiger charge is 2.50. The molecule has 0 aromatic carbocycles. The number of amides is 1. The van der Waals surface area contributed by atoms with Gasteiger partial charge < -0.3 is 29.3 Å². The molecule has 3 aromatic rings. The zero-order valence-corrected chi connectivity index (χ0v) is 27.2. The molecular formula is C33H43N9O4. The fourth-order valence-electron chi connectivity index (χ4n) is 7.39. The number of carbonyl (C=O) groups excluding carboxylic acids is 1. The summed E-state index contributed by atoms with van der Waals surface area (Å²) in [4.78, 5) is 31.9. The van der Waals surface area contributed by atoms with E-state index in [1.165, 1.54) is 0 Å². The van der Waals surface area contributed by atoms with Crippen LogP contribution in [0.4, 0.5) is 22.1 Å². The van der Waals surface area contributed by atoms with Gasteiger partial charge in [0.15, 0.2) is 23.2 Å². The summed E-state index contributed by atoms with van der Waals surface area (Å²) < 4.78 is 19.8. The second-order valence-corrected chi connectivity index (χ2v) is 14.0. The first kappa shape index (κ1) is 30.6. The summed E-state index contributed by atoms with van der Waals surface area (Å²) in [5.41, 5.74) is 2.97. The van der Waals surface area contributed by atoms with Gasteiger partial charge in [0.2, 0.25) is 0 Å². The fraction of sp³-hybridized carbons (Fsp3) is 0.636. The number of alkyl carbamates (subject to hydrolysis) is 1. The largest absolute Gasteiger partial charge is 0.444 e. The Morgan fingerprint density at radius 1 is 1.13 bits per heavy atom. The number of nitrogens with one attached hydrogen (secondary N) is 1. The molecule has 1 unspecified atom stereocenters. The smallest absolute Gasteiger partial charge is 0.407 e. The topological polar surface area (TPSA) is 144 Å². The van der Waals surface area contributed by atoms with E-state index in [2.05, 4.69) is 26.2 Å². The zero-order valence-electron chi connectivity index (χ0n) is 27.2. The van der Waals surface area contributed by atoms with Crippen molar-refractivity contribution in [2.45, 2.75) is 96.6 Å². The van der Waals surface area contributed by atoms with Gasteiger partial charge in [-0.1, -0.05) is 0 Å². The maximum absolute atomic E-state index is 12.7. The molecular weight excluding hydrogens is 586 g/mol. The summed E-state index contributed by atoms with van der Waals surface area (Å²) in [5.74, 6) is 1.54. The standard InChI is InChI=1S/C33H43N9O4/c1-21-28(38-31(43)46-32(2,3)4)33(20-45-21)12-15-40(16-13-33)25-19-35-27-29(37-25)42(26-9-5-6-17-44-26)39-30(27)41-14-7-8-23-24(41)11-10-22(18-34)36-23/h10-11,19,21,26,28H,5-9,12-17,20H2,1-4H3,(H,38,43)/t21-,26?,28+/m0/s1. The number of fused-ring (bicyclic) bond motifs is 2. The van der Waals surface area contributed by atoms with Crippen molar-refractivity contribution in [3.8, 4) is 6.07 Å². The van der Waals surface area contributed by atoms with E-state index in [0.29, 0.717) is 24.6 Å². The first-order chi connectivity index (χ1) is 22.1. The molecule has 4 aliphatic heterocycles. The maximum atomic E-state index is 12.7. The van der Waals surface area contributed by atoms with Crippen molar-refractivity contribution < 1.29 is 19.0 Å². The summed E-state index contributed by atoms with van der Waals surface area (Å²) >= 11 is 0. The van der Waals surface area contributed by atoms with Gasteiger partial charge in [-0.2, -0.15) is 5.26 Å². The maximum Gasteiger partial charge on any atom is 0.407 e. The van der Waals surface area contributed by atoms with Crippen LogP contribution in [0.3, 0.4) is 0 Å². The minimum atomic E-state index is -0.565. The van der Waals surface area contributed by atoms with E-state index in [4.69, 9.17) is 29.3 Å². The van der Waals surface area contributed by atoms with Crippen molar-refractivity contribution in [2.24, 2.45) is 5.41 Å². The number of piperidine rings is 1. The lowest BCUT2D eigenvalue weighted by molar-refractivity contribution is -0.0368. The summed E-state index contributed by atoms with van der Waals surface area (Å²) in [6.45, 7) is 11.2. The van der Waals surface area contributed by atoms with Crippen LogP contribution in [0.25, 0.3) is 11.2 Å². The van der Waals surface area contributed by atoms with Crippen LogP contribution in [0.15, 0.2) is 18.3 Å². The first-order valence-electron chi connectivity index (χ1n) is 16.5. The highest BCUT2D eigenvalue weighted by molar-refractivity contribution is 5.88. The van der Waals surface area contributed by atoms with Crippen LogP contribution in [-0.2, 0) is 20.6 Å². The Bertz CT molecular complexity index is 1650. The van der Waals surface area contributed by atoms with E-state index in [-0.39, 0.29) is 23.8 Å². The minimum absolute atomic E-state index is 0.0971. The van der Waals surface area contributed by atoms with Gasteiger partial charge in [-0.25, -0.2) is 24.4 Å². The number of ether oxygens (including phenoxy) is 3. The molecule has 13 heteroatoms. The molecule has 0 saturated carbocycles. The SMILES string of the molecule is C[C@@H]1OCC2(CCN(c3cnc4c(N5CCCc6nc(C#N)ccc65)nn(C5CCCCO5)c4n3)CC2)[C@@H]1NC(=O)OC(C)(C)C. The van der Waals surface area contributed by atoms with E-state index in [0.717, 1.165) is 93.1 Å². The predicted octanol–water partition coefficient (Wildman–Crippen LogP) is 4.77. The molecule has 0 radical (unpaired) electrons. The number of hydrogen-bond acceptors (Lipinski definition) is 11. The predicted molar refractivity (Wildman–Crippen MR) is 171 cm³/mol. The number of hydrogen-bond donors (Lipinski definition) is 1. The molecule has 1 amide bonds. The average Bonchev–Trinajstić information content (AvgIpc) is 3.57. The second kappa shape index (κ2) is 12.0. The minimum Gasteiger partial charge on any atom is -0.444 e. The molecule has 7 rings (SSSR count). The van der Waals surface area contributed by atoms with Gasteiger partial charge in [-0.3, -0.25) is 0 Å². The lowest BCUT2D eigenvalue weighted by atomic mass is 9.73. The molecule has 13 nitrogen and oxygen atoms in total. The molecule has 3 fully saturated rings. The molecule has 4 aliphatic rings. The van der Waals surface area contributed by atoms with Crippen LogP contribution in [0, 0.1) is 16.7 Å². The Hall–Kier alpha value is -4.02. The monoisotopic (exact) mass is 629 g/mol. The number of rotatable bonds is 4. The van der Waals surface area contributed by atoms with Crippen LogP contribution < -0.4 is 15.1 Å². The van der Waals surface area contributed by atoms with Crippen LogP contribution >= 0.6 is 0 Å². The van der Waals surface area contributed by atoms with Crippen LogP contribution in [0.1, 0.15) is 83.8 Å². The normalized spacial score (nSPS) is 24.5. The number of aromatic nitrogens is 5. The molecule has 1 spiro atoms. The Labute approximate surface area is 269 Å². The van der Waals surface area contributed by atoms with Crippen molar-refractivity contribution in [2.75, 3.05) is 42.6 Å². The van der Waals surface area contributed by atoms with Crippen molar-refractivity contribution in [1.82, 2.24) is 30.0 Å². The van der Waals surface area contributed by atoms with Gasteiger partial charge in [-0.05, 0) is 84.8 Å². The van der Waals surface area contributed by atoms with E-state index in [1.54, 1.807) is 6.07 Å². The molecule has 46 heavy (non-hydrogen) atoms. The summed E-state index contributed by atoms with van der Waals surface area (Å²) in [7, 11) is 0. The Morgan fingerprint density at radius 3 is 2.70 bits per heavy atom. The van der Waals surface area contributed by atoms with Gasteiger partial charge in [0.25, 0.3) is 0 Å². The van der Waals surface area contributed by atoms with Crippen molar-refractivity contribution in [1.29, 1.82) is 5.26 Å². The fourth-order valence-corrected chi connectivity index (χ4v) is 7.39.